The molecule has 1 saturated heterocycles. The summed E-state index contributed by atoms with van der Waals surface area (Å²) in [5.74, 6) is 0.373. The lowest BCUT2D eigenvalue weighted by atomic mass is 10.1. The monoisotopic (exact) mass is 344 g/mol. The third-order valence-corrected chi connectivity index (χ3v) is 6.04. The number of sulfonamides is 1. The zero-order valence-electron chi connectivity index (χ0n) is 14.3. The summed E-state index contributed by atoms with van der Waals surface area (Å²) in [7, 11) is -0.0935. The van der Waals surface area contributed by atoms with Crippen LogP contribution in [0.4, 0.5) is 0 Å². The van der Waals surface area contributed by atoms with Crippen LogP contribution < -0.4 is 0 Å². The number of rotatable bonds is 9. The molecule has 0 aliphatic carbocycles. The summed E-state index contributed by atoms with van der Waals surface area (Å²) in [6.45, 7) is 6.89. The van der Waals surface area contributed by atoms with Gasteiger partial charge < -0.3 is 9.64 Å². The summed E-state index contributed by atoms with van der Waals surface area (Å²) < 4.78 is 33.5. The standard InChI is InChI=1S/C15H28N4O3S/c1-4-6-19-13-15(10-16-19)23(20,21)17(2)11-14-5-7-18(12-14)8-9-22-3/h10,13-14H,4-9,11-12H2,1-3H3. The highest BCUT2D eigenvalue weighted by Crippen LogP contribution is 2.20. The van der Waals surface area contributed by atoms with Gasteiger partial charge in [0.1, 0.15) is 4.90 Å². The van der Waals surface area contributed by atoms with Crippen molar-refractivity contribution in [3.63, 3.8) is 0 Å². The minimum absolute atomic E-state index is 0.280. The Morgan fingerprint density at radius 3 is 2.91 bits per heavy atom. The zero-order valence-corrected chi connectivity index (χ0v) is 15.1. The lowest BCUT2D eigenvalue weighted by Gasteiger charge is -2.20. The molecule has 2 heterocycles. The first kappa shape index (κ1) is 18.4. The van der Waals surface area contributed by atoms with Crippen molar-refractivity contribution in [1.29, 1.82) is 0 Å². The second-order valence-electron chi connectivity index (χ2n) is 6.17. The van der Waals surface area contributed by atoms with Crippen LogP contribution in [0, 0.1) is 5.92 Å². The van der Waals surface area contributed by atoms with E-state index in [9.17, 15) is 8.42 Å². The summed E-state index contributed by atoms with van der Waals surface area (Å²) in [5.41, 5.74) is 0. The number of likely N-dealkylation sites (tertiary alicyclic amines) is 1. The molecule has 0 radical (unpaired) electrons. The van der Waals surface area contributed by atoms with Gasteiger partial charge in [0, 0.05) is 46.5 Å². The van der Waals surface area contributed by atoms with Gasteiger partial charge in [-0.15, -0.1) is 0 Å². The van der Waals surface area contributed by atoms with Crippen LogP contribution in [0.15, 0.2) is 17.3 Å². The number of methoxy groups -OCH3 is 1. The molecule has 1 fully saturated rings. The van der Waals surface area contributed by atoms with E-state index < -0.39 is 10.0 Å². The van der Waals surface area contributed by atoms with E-state index in [4.69, 9.17) is 4.74 Å². The minimum Gasteiger partial charge on any atom is -0.383 e. The van der Waals surface area contributed by atoms with Crippen molar-refractivity contribution in [3.05, 3.63) is 12.4 Å². The third kappa shape index (κ3) is 4.76. The molecule has 1 aliphatic heterocycles. The second-order valence-corrected chi connectivity index (χ2v) is 8.22. The van der Waals surface area contributed by atoms with E-state index in [-0.39, 0.29) is 4.90 Å². The van der Waals surface area contributed by atoms with E-state index in [1.807, 2.05) is 6.92 Å². The maximum Gasteiger partial charge on any atom is 0.245 e. The van der Waals surface area contributed by atoms with Crippen LogP contribution >= 0.6 is 0 Å². The molecule has 0 spiro atoms. The molecular formula is C15H28N4O3S. The van der Waals surface area contributed by atoms with Crippen molar-refractivity contribution in [3.8, 4) is 0 Å². The molecule has 23 heavy (non-hydrogen) atoms. The van der Waals surface area contributed by atoms with Gasteiger partial charge in [-0.25, -0.2) is 12.7 Å². The largest absolute Gasteiger partial charge is 0.383 e. The maximum atomic E-state index is 12.6. The van der Waals surface area contributed by atoms with Crippen LogP contribution in [0.25, 0.3) is 0 Å². The van der Waals surface area contributed by atoms with Crippen molar-refractivity contribution in [1.82, 2.24) is 19.0 Å². The fourth-order valence-electron chi connectivity index (χ4n) is 2.96. The Bertz CT molecular complexity index is 587. The SMILES string of the molecule is CCCn1cc(S(=O)(=O)N(C)CC2CCN(CCOC)C2)cn1. The summed E-state index contributed by atoms with van der Waals surface area (Å²) in [5, 5.41) is 4.12. The Hall–Kier alpha value is -0.960. The van der Waals surface area contributed by atoms with Gasteiger partial charge in [0.15, 0.2) is 0 Å². The average Bonchev–Trinajstić information content (AvgIpc) is 3.15. The molecule has 1 aromatic rings. The quantitative estimate of drug-likeness (QED) is 0.665. The highest BCUT2D eigenvalue weighted by Gasteiger charge is 2.29. The van der Waals surface area contributed by atoms with E-state index in [1.54, 1.807) is 25.0 Å². The van der Waals surface area contributed by atoms with Gasteiger partial charge in [0.2, 0.25) is 10.0 Å². The van der Waals surface area contributed by atoms with E-state index >= 15 is 0 Å². The molecule has 1 aliphatic rings. The predicted octanol–water partition coefficient (Wildman–Crippen LogP) is 0.882. The molecule has 0 N–H and O–H groups in total. The summed E-state index contributed by atoms with van der Waals surface area (Å²) in [6, 6.07) is 0. The molecule has 132 valence electrons. The van der Waals surface area contributed by atoms with Crippen LogP contribution in [0.5, 0.6) is 0 Å². The lowest BCUT2D eigenvalue weighted by molar-refractivity contribution is 0.158. The van der Waals surface area contributed by atoms with Gasteiger partial charge in [0.25, 0.3) is 0 Å². The molecule has 0 amide bonds. The van der Waals surface area contributed by atoms with E-state index in [0.717, 1.165) is 45.6 Å². The Balaban J connectivity index is 1.92. The fraction of sp³-hybridized carbons (Fsp3) is 0.800. The topological polar surface area (TPSA) is 67.7 Å². The van der Waals surface area contributed by atoms with Gasteiger partial charge >= 0.3 is 0 Å². The van der Waals surface area contributed by atoms with Gasteiger partial charge in [0.05, 0.1) is 12.8 Å². The summed E-state index contributed by atoms with van der Waals surface area (Å²) >= 11 is 0. The molecule has 2 rings (SSSR count). The van der Waals surface area contributed by atoms with Crippen LogP contribution in [-0.4, -0.2) is 74.3 Å². The number of hydrogen-bond donors (Lipinski definition) is 0. The van der Waals surface area contributed by atoms with Gasteiger partial charge in [-0.1, -0.05) is 6.92 Å². The van der Waals surface area contributed by atoms with Crippen LogP contribution in [-0.2, 0) is 21.3 Å². The highest BCUT2D eigenvalue weighted by atomic mass is 32.2. The van der Waals surface area contributed by atoms with Crippen molar-refractivity contribution in [2.24, 2.45) is 5.92 Å². The highest BCUT2D eigenvalue weighted by molar-refractivity contribution is 7.89. The van der Waals surface area contributed by atoms with E-state index in [2.05, 4.69) is 10.00 Å². The molecule has 0 aromatic carbocycles. The number of aryl methyl sites for hydroxylation is 1. The number of ether oxygens (including phenoxy) is 1. The van der Waals surface area contributed by atoms with Gasteiger partial charge in [-0.2, -0.15) is 5.10 Å². The van der Waals surface area contributed by atoms with Crippen LogP contribution in [0.2, 0.25) is 0 Å². The molecule has 1 atom stereocenters. The smallest absolute Gasteiger partial charge is 0.245 e. The summed E-state index contributed by atoms with van der Waals surface area (Å²) in [6.07, 6.45) is 5.02. The first-order valence-corrected chi connectivity index (χ1v) is 9.61. The average molecular weight is 344 g/mol. The second kappa shape index (κ2) is 8.23. The van der Waals surface area contributed by atoms with E-state index in [1.165, 1.54) is 10.5 Å². The fourth-order valence-corrected chi connectivity index (χ4v) is 4.16. The summed E-state index contributed by atoms with van der Waals surface area (Å²) in [4.78, 5) is 2.61. The molecular weight excluding hydrogens is 316 g/mol. The maximum absolute atomic E-state index is 12.6. The van der Waals surface area contributed by atoms with Crippen molar-refractivity contribution in [2.45, 2.75) is 31.2 Å². The lowest BCUT2D eigenvalue weighted by Crippen LogP contribution is -2.33. The Kier molecular flexibility index (Phi) is 6.58. The van der Waals surface area contributed by atoms with Crippen LogP contribution in [0.3, 0.4) is 0 Å². The Morgan fingerprint density at radius 2 is 2.22 bits per heavy atom. The number of hydrogen-bond acceptors (Lipinski definition) is 5. The molecule has 8 heteroatoms. The first-order valence-electron chi connectivity index (χ1n) is 8.17. The first-order chi connectivity index (χ1) is 11.0. The third-order valence-electron chi connectivity index (χ3n) is 4.27. The molecule has 7 nitrogen and oxygen atoms in total. The van der Waals surface area contributed by atoms with Gasteiger partial charge in [-0.3, -0.25) is 4.68 Å². The van der Waals surface area contributed by atoms with Crippen LogP contribution in [0.1, 0.15) is 19.8 Å². The van der Waals surface area contributed by atoms with Crippen molar-refractivity contribution >= 4 is 10.0 Å². The van der Waals surface area contributed by atoms with E-state index in [0.29, 0.717) is 12.5 Å². The number of nitrogens with zero attached hydrogens (tertiary/aromatic N) is 4. The normalized spacial score (nSPS) is 19.7. The Labute approximate surface area is 139 Å². The molecule has 1 unspecified atom stereocenters. The molecule has 1 aromatic heterocycles. The molecule has 0 bridgehead atoms. The predicted molar refractivity (Wildman–Crippen MR) is 88.8 cm³/mol. The van der Waals surface area contributed by atoms with Gasteiger partial charge in [-0.05, 0) is 25.3 Å². The minimum atomic E-state index is -3.45. The van der Waals surface area contributed by atoms with Crippen molar-refractivity contribution in [2.75, 3.05) is 46.9 Å². The molecule has 0 saturated carbocycles. The number of aromatic nitrogens is 2. The zero-order chi connectivity index (χ0) is 16.9. The van der Waals surface area contributed by atoms with Crippen molar-refractivity contribution < 1.29 is 13.2 Å². The Morgan fingerprint density at radius 1 is 1.43 bits per heavy atom.